The zero-order valence-electron chi connectivity index (χ0n) is 14.3. The number of aromatic nitrogens is 3. The van der Waals surface area contributed by atoms with Gasteiger partial charge in [-0.15, -0.1) is 5.10 Å². The van der Waals surface area contributed by atoms with E-state index in [0.29, 0.717) is 0 Å². The standard InChI is InChI=1S/C23H13N3O/c27-23-16-7-2-1-6-14(16)15-12-13-20(17-8-5-9-18(23)22(15)17)26-21-11-4-3-10-19(21)24-25-26/h1-13H. The van der Waals surface area contributed by atoms with Crippen molar-refractivity contribution in [3.05, 3.63) is 90.0 Å². The third kappa shape index (κ3) is 1.84. The van der Waals surface area contributed by atoms with Gasteiger partial charge in [0.15, 0.2) is 5.78 Å². The number of nitrogens with zero attached hydrogens (tertiary/aromatic N) is 3. The zero-order valence-corrected chi connectivity index (χ0v) is 14.3. The molecule has 0 amide bonds. The first-order valence-corrected chi connectivity index (χ1v) is 8.83. The highest BCUT2D eigenvalue weighted by Gasteiger charge is 2.26. The maximum atomic E-state index is 13.1. The molecule has 5 aromatic rings. The number of ketones is 1. The SMILES string of the molecule is O=C1c2ccccc2-c2ccc(-n3nnc4ccccc43)c3cccc1c23. The molecule has 0 fully saturated rings. The molecule has 1 aromatic heterocycles. The Morgan fingerprint density at radius 2 is 1.44 bits per heavy atom. The number of hydrogen-bond acceptors (Lipinski definition) is 3. The molecule has 0 saturated heterocycles. The van der Waals surface area contributed by atoms with E-state index in [1.54, 1.807) is 0 Å². The van der Waals surface area contributed by atoms with Gasteiger partial charge in [-0.2, -0.15) is 0 Å². The fourth-order valence-electron chi connectivity index (χ4n) is 4.10. The molecule has 1 aliphatic carbocycles. The lowest BCUT2D eigenvalue weighted by Crippen LogP contribution is -2.10. The van der Waals surface area contributed by atoms with Gasteiger partial charge in [0.1, 0.15) is 5.52 Å². The van der Waals surface area contributed by atoms with E-state index in [9.17, 15) is 4.79 Å². The maximum absolute atomic E-state index is 13.1. The Bertz CT molecular complexity index is 1400. The van der Waals surface area contributed by atoms with Gasteiger partial charge < -0.3 is 0 Å². The fraction of sp³-hybridized carbons (Fsp3) is 0. The van der Waals surface area contributed by atoms with Crippen molar-refractivity contribution in [2.75, 3.05) is 0 Å². The minimum absolute atomic E-state index is 0.0734. The molecule has 1 aliphatic rings. The molecule has 4 heteroatoms. The Labute approximate surface area is 154 Å². The molecular weight excluding hydrogens is 334 g/mol. The molecule has 0 saturated carbocycles. The van der Waals surface area contributed by atoms with Crippen molar-refractivity contribution in [3.8, 4) is 16.8 Å². The Morgan fingerprint density at radius 3 is 2.37 bits per heavy atom. The number of rotatable bonds is 1. The van der Waals surface area contributed by atoms with Crippen LogP contribution in [0.2, 0.25) is 0 Å². The van der Waals surface area contributed by atoms with Crippen molar-refractivity contribution in [1.29, 1.82) is 0 Å². The Morgan fingerprint density at radius 1 is 0.667 bits per heavy atom. The highest BCUT2D eigenvalue weighted by Crippen LogP contribution is 2.41. The third-order valence-electron chi connectivity index (χ3n) is 5.30. The van der Waals surface area contributed by atoms with Gasteiger partial charge in [0, 0.05) is 21.9 Å². The summed E-state index contributed by atoms with van der Waals surface area (Å²) in [6, 6.07) is 25.7. The molecule has 126 valence electrons. The molecule has 4 aromatic carbocycles. The van der Waals surface area contributed by atoms with E-state index < -0.39 is 0 Å². The number of carbonyl (C=O) groups excluding carboxylic acids is 1. The minimum atomic E-state index is 0.0734. The van der Waals surface area contributed by atoms with E-state index in [1.165, 1.54) is 0 Å². The van der Waals surface area contributed by atoms with Crippen LogP contribution in [-0.4, -0.2) is 20.8 Å². The number of benzene rings is 4. The average Bonchev–Trinajstić information content (AvgIpc) is 3.15. The quantitative estimate of drug-likeness (QED) is 0.430. The van der Waals surface area contributed by atoms with Crippen LogP contribution < -0.4 is 0 Å². The van der Waals surface area contributed by atoms with Gasteiger partial charge >= 0.3 is 0 Å². The van der Waals surface area contributed by atoms with Crippen LogP contribution in [0.4, 0.5) is 0 Å². The average molecular weight is 347 g/mol. The summed E-state index contributed by atoms with van der Waals surface area (Å²) in [6.45, 7) is 0. The summed E-state index contributed by atoms with van der Waals surface area (Å²) >= 11 is 0. The van der Waals surface area contributed by atoms with Crippen molar-refractivity contribution in [3.63, 3.8) is 0 Å². The molecule has 1 heterocycles. The van der Waals surface area contributed by atoms with E-state index in [-0.39, 0.29) is 5.78 Å². The maximum Gasteiger partial charge on any atom is 0.194 e. The van der Waals surface area contributed by atoms with E-state index in [1.807, 2.05) is 65.3 Å². The van der Waals surface area contributed by atoms with Crippen molar-refractivity contribution in [1.82, 2.24) is 15.0 Å². The van der Waals surface area contributed by atoms with Crippen molar-refractivity contribution in [2.24, 2.45) is 0 Å². The lowest BCUT2D eigenvalue weighted by Gasteiger charge is -2.21. The lowest BCUT2D eigenvalue weighted by atomic mass is 9.82. The predicted octanol–water partition coefficient (Wildman–Crippen LogP) is 4.79. The summed E-state index contributed by atoms with van der Waals surface area (Å²) < 4.78 is 1.85. The van der Waals surface area contributed by atoms with Crippen LogP contribution in [0.5, 0.6) is 0 Å². The predicted molar refractivity (Wildman–Crippen MR) is 105 cm³/mol. The first kappa shape index (κ1) is 14.4. The van der Waals surface area contributed by atoms with Gasteiger partial charge in [0.05, 0.1) is 11.2 Å². The summed E-state index contributed by atoms with van der Waals surface area (Å²) in [5.74, 6) is 0.0734. The van der Waals surface area contributed by atoms with Crippen LogP contribution in [-0.2, 0) is 0 Å². The number of fused-ring (bicyclic) bond motifs is 3. The second-order valence-corrected chi connectivity index (χ2v) is 6.73. The van der Waals surface area contributed by atoms with Gasteiger partial charge in [0.2, 0.25) is 0 Å². The molecule has 0 atom stereocenters. The summed E-state index contributed by atoms with van der Waals surface area (Å²) in [5, 5.41) is 10.6. The van der Waals surface area contributed by atoms with E-state index in [4.69, 9.17) is 0 Å². The first-order chi connectivity index (χ1) is 13.3. The lowest BCUT2D eigenvalue weighted by molar-refractivity contribution is 0.104. The van der Waals surface area contributed by atoms with Gasteiger partial charge in [-0.1, -0.05) is 65.9 Å². The van der Waals surface area contributed by atoms with Gasteiger partial charge in [-0.25, -0.2) is 4.68 Å². The monoisotopic (exact) mass is 347 g/mol. The molecule has 27 heavy (non-hydrogen) atoms. The minimum Gasteiger partial charge on any atom is -0.289 e. The molecule has 0 N–H and O–H groups in total. The second-order valence-electron chi connectivity index (χ2n) is 6.73. The fourth-order valence-corrected chi connectivity index (χ4v) is 4.10. The van der Waals surface area contributed by atoms with Crippen LogP contribution in [0.1, 0.15) is 15.9 Å². The van der Waals surface area contributed by atoms with Crippen molar-refractivity contribution in [2.45, 2.75) is 0 Å². The molecule has 0 aliphatic heterocycles. The third-order valence-corrected chi connectivity index (χ3v) is 5.30. The normalized spacial score (nSPS) is 12.5. The Hall–Kier alpha value is -3.79. The van der Waals surface area contributed by atoms with Crippen LogP contribution in [0, 0.1) is 0 Å². The molecular formula is C23H13N3O. The smallest absolute Gasteiger partial charge is 0.194 e. The van der Waals surface area contributed by atoms with Crippen LogP contribution in [0.15, 0.2) is 78.9 Å². The van der Waals surface area contributed by atoms with Crippen molar-refractivity contribution < 1.29 is 4.79 Å². The van der Waals surface area contributed by atoms with E-state index in [0.717, 1.165) is 49.7 Å². The molecule has 0 unspecified atom stereocenters. The summed E-state index contributed by atoms with van der Waals surface area (Å²) in [6.07, 6.45) is 0. The Kier molecular flexibility index (Phi) is 2.72. The van der Waals surface area contributed by atoms with Crippen molar-refractivity contribution >= 4 is 27.6 Å². The highest BCUT2D eigenvalue weighted by molar-refractivity contribution is 6.26. The Balaban J connectivity index is 1.75. The largest absolute Gasteiger partial charge is 0.289 e. The van der Waals surface area contributed by atoms with Gasteiger partial charge in [-0.05, 0) is 29.3 Å². The first-order valence-electron chi connectivity index (χ1n) is 8.83. The van der Waals surface area contributed by atoms with Gasteiger partial charge in [0.25, 0.3) is 0 Å². The van der Waals surface area contributed by atoms with Gasteiger partial charge in [-0.3, -0.25) is 4.79 Å². The summed E-state index contributed by atoms with van der Waals surface area (Å²) in [7, 11) is 0. The number of hydrogen-bond donors (Lipinski definition) is 0. The number of para-hydroxylation sites is 1. The molecule has 4 nitrogen and oxygen atoms in total. The highest BCUT2D eigenvalue weighted by atomic mass is 16.1. The molecule has 0 spiro atoms. The zero-order chi connectivity index (χ0) is 18.0. The molecule has 0 bridgehead atoms. The summed E-state index contributed by atoms with van der Waals surface area (Å²) in [4.78, 5) is 13.1. The molecule has 0 radical (unpaired) electrons. The van der Waals surface area contributed by atoms with E-state index in [2.05, 4.69) is 28.5 Å². The van der Waals surface area contributed by atoms with E-state index >= 15 is 0 Å². The number of carbonyl (C=O) groups is 1. The van der Waals surface area contributed by atoms with Crippen LogP contribution in [0.25, 0.3) is 38.6 Å². The summed E-state index contributed by atoms with van der Waals surface area (Å²) in [5.41, 5.74) is 6.30. The van der Waals surface area contributed by atoms with Crippen LogP contribution in [0.3, 0.4) is 0 Å². The topological polar surface area (TPSA) is 47.8 Å². The van der Waals surface area contributed by atoms with Crippen LogP contribution >= 0.6 is 0 Å². The second kappa shape index (κ2) is 5.11. The molecule has 6 rings (SSSR count).